The van der Waals surface area contributed by atoms with Crippen LogP contribution >= 0.6 is 0 Å². The third-order valence-electron chi connectivity index (χ3n) is 4.63. The Morgan fingerprint density at radius 1 is 1.27 bits per heavy atom. The van der Waals surface area contributed by atoms with E-state index in [0.29, 0.717) is 11.4 Å². The van der Waals surface area contributed by atoms with Crippen molar-refractivity contribution in [1.29, 1.82) is 0 Å². The summed E-state index contributed by atoms with van der Waals surface area (Å²) in [6.45, 7) is 0. The van der Waals surface area contributed by atoms with Crippen molar-refractivity contribution in [3.05, 3.63) is 50.7 Å². The van der Waals surface area contributed by atoms with Gasteiger partial charge in [0.15, 0.2) is 0 Å². The summed E-state index contributed by atoms with van der Waals surface area (Å²) in [5.41, 5.74) is 4.97. The number of nitrogens with two attached hydrogens (primary N) is 1. The molecule has 0 bridgehead atoms. The smallest absolute Gasteiger partial charge is 0.335 e. The van der Waals surface area contributed by atoms with Crippen LogP contribution in [0.2, 0.25) is 0 Å². The molecule has 2 unspecified atom stereocenters. The molecule has 0 radical (unpaired) electrons. The van der Waals surface area contributed by atoms with Crippen LogP contribution < -0.4 is 21.7 Å². The molecule has 1 heterocycles. The second-order valence-electron chi connectivity index (χ2n) is 6.32. The van der Waals surface area contributed by atoms with Gasteiger partial charge in [-0.15, -0.1) is 0 Å². The maximum absolute atomic E-state index is 12.2. The van der Waals surface area contributed by atoms with Crippen molar-refractivity contribution >= 4 is 6.21 Å². The van der Waals surface area contributed by atoms with E-state index in [2.05, 4.69) is 9.98 Å². The number of hydrogen-bond donors (Lipinski definition) is 3. The minimum absolute atomic E-state index is 0.0614. The number of rotatable bonds is 4. The maximum atomic E-state index is 12.2. The zero-order valence-corrected chi connectivity index (χ0v) is 14.5. The Balaban J connectivity index is 2.01. The van der Waals surface area contributed by atoms with Crippen molar-refractivity contribution in [2.75, 3.05) is 7.11 Å². The zero-order valence-electron chi connectivity index (χ0n) is 14.5. The van der Waals surface area contributed by atoms with Gasteiger partial charge >= 0.3 is 5.69 Å². The number of hydrogen-bond acceptors (Lipinski definition) is 6. The fourth-order valence-electron chi connectivity index (χ4n) is 3.12. The maximum Gasteiger partial charge on any atom is 0.335 e. The van der Waals surface area contributed by atoms with Crippen molar-refractivity contribution in [3.63, 3.8) is 0 Å². The van der Waals surface area contributed by atoms with E-state index in [1.807, 2.05) is 0 Å². The van der Waals surface area contributed by atoms with Gasteiger partial charge in [0.05, 0.1) is 18.8 Å². The highest BCUT2D eigenvalue weighted by Crippen LogP contribution is 2.21. The lowest BCUT2D eigenvalue weighted by Crippen LogP contribution is -2.36. The van der Waals surface area contributed by atoms with E-state index in [9.17, 15) is 14.7 Å². The Morgan fingerprint density at radius 3 is 2.62 bits per heavy atom. The van der Waals surface area contributed by atoms with Crippen LogP contribution in [0, 0.1) is 0 Å². The molecule has 1 aliphatic carbocycles. The molecule has 8 nitrogen and oxygen atoms in total. The van der Waals surface area contributed by atoms with E-state index in [1.54, 1.807) is 24.3 Å². The van der Waals surface area contributed by atoms with E-state index >= 15 is 0 Å². The average molecular weight is 358 g/mol. The second-order valence-corrected chi connectivity index (χ2v) is 6.32. The normalized spacial score (nSPS) is 20.4. The summed E-state index contributed by atoms with van der Waals surface area (Å²) in [6.07, 6.45) is 5.14. The summed E-state index contributed by atoms with van der Waals surface area (Å²) >= 11 is 0. The third-order valence-corrected chi connectivity index (χ3v) is 4.63. The Hall–Kier alpha value is -2.87. The molecule has 0 aliphatic heterocycles. The molecule has 3 rings (SSSR count). The molecule has 1 saturated carbocycles. The largest absolute Gasteiger partial charge is 0.497 e. The van der Waals surface area contributed by atoms with E-state index in [-0.39, 0.29) is 17.6 Å². The number of aromatic hydroxyl groups is 1. The molecule has 8 heteroatoms. The molecule has 1 aromatic carbocycles. The summed E-state index contributed by atoms with van der Waals surface area (Å²) in [7, 11) is 1.53. The van der Waals surface area contributed by atoms with Gasteiger partial charge in [0.25, 0.3) is 5.56 Å². The molecule has 0 amide bonds. The molecule has 2 aromatic rings. The van der Waals surface area contributed by atoms with Crippen LogP contribution in [-0.2, 0) is 0 Å². The van der Waals surface area contributed by atoms with Crippen LogP contribution in [0.5, 0.6) is 11.6 Å². The van der Waals surface area contributed by atoms with Crippen LogP contribution in [0.15, 0.2) is 38.8 Å². The van der Waals surface area contributed by atoms with Gasteiger partial charge in [0.1, 0.15) is 11.3 Å². The van der Waals surface area contributed by atoms with Gasteiger partial charge in [-0.2, -0.15) is 0 Å². The molecule has 1 fully saturated rings. The Kier molecular flexibility index (Phi) is 5.22. The number of H-pyrrole nitrogens is 1. The number of nitrogens with zero attached hydrogens (tertiary/aromatic N) is 2. The Labute approximate surface area is 150 Å². The highest BCUT2D eigenvalue weighted by Gasteiger charge is 2.21. The fraction of sp³-hybridized carbons (Fsp3) is 0.389. The summed E-state index contributed by atoms with van der Waals surface area (Å²) in [4.78, 5) is 30.9. The van der Waals surface area contributed by atoms with Gasteiger partial charge in [-0.25, -0.2) is 9.36 Å². The highest BCUT2D eigenvalue weighted by molar-refractivity contribution is 5.82. The minimum atomic E-state index is -0.732. The third kappa shape index (κ3) is 3.55. The van der Waals surface area contributed by atoms with Gasteiger partial charge in [0.2, 0.25) is 5.88 Å². The lowest BCUT2D eigenvalue weighted by molar-refractivity contribution is 0.387. The lowest BCUT2D eigenvalue weighted by atomic mass is 9.91. The van der Waals surface area contributed by atoms with Crippen LogP contribution in [0.3, 0.4) is 0 Å². The summed E-state index contributed by atoms with van der Waals surface area (Å²) in [5, 5.41) is 10.5. The topological polar surface area (TPSA) is 123 Å². The summed E-state index contributed by atoms with van der Waals surface area (Å²) in [6, 6.07) is 6.37. The second kappa shape index (κ2) is 7.57. The molecule has 1 aliphatic rings. The summed E-state index contributed by atoms with van der Waals surface area (Å²) < 4.78 is 6.10. The minimum Gasteiger partial charge on any atom is -0.497 e. The summed E-state index contributed by atoms with van der Waals surface area (Å²) in [5.74, 6) is 0.149. The number of aromatic amines is 1. The zero-order chi connectivity index (χ0) is 18.7. The molecule has 138 valence electrons. The van der Waals surface area contributed by atoms with Crippen molar-refractivity contribution in [1.82, 2.24) is 9.55 Å². The first-order valence-corrected chi connectivity index (χ1v) is 8.52. The molecule has 0 spiro atoms. The van der Waals surface area contributed by atoms with Crippen LogP contribution in [0.25, 0.3) is 5.69 Å². The average Bonchev–Trinajstić information content (AvgIpc) is 2.63. The molecule has 2 atom stereocenters. The SMILES string of the molecule is COc1ccc(-n2c(O)c(C=NC3CCCCC3N)c(=O)[nH]c2=O)cc1. The molecule has 26 heavy (non-hydrogen) atoms. The van der Waals surface area contributed by atoms with Gasteiger partial charge in [-0.1, -0.05) is 12.8 Å². The first-order chi connectivity index (χ1) is 12.5. The van der Waals surface area contributed by atoms with Crippen molar-refractivity contribution in [2.24, 2.45) is 10.7 Å². The number of benzene rings is 1. The first kappa shape index (κ1) is 17.9. The number of nitrogens with one attached hydrogen (secondary N) is 1. The molecule has 4 N–H and O–H groups in total. The van der Waals surface area contributed by atoms with Gasteiger partial charge in [-0.05, 0) is 37.1 Å². The van der Waals surface area contributed by atoms with Crippen LogP contribution in [0.1, 0.15) is 31.2 Å². The Morgan fingerprint density at radius 2 is 1.96 bits per heavy atom. The van der Waals surface area contributed by atoms with E-state index in [4.69, 9.17) is 10.5 Å². The quantitative estimate of drug-likeness (QED) is 0.702. The number of aliphatic imine (C=N–C) groups is 1. The van der Waals surface area contributed by atoms with Crippen LogP contribution in [0.4, 0.5) is 0 Å². The number of aromatic nitrogens is 2. The van der Waals surface area contributed by atoms with Crippen molar-refractivity contribution < 1.29 is 9.84 Å². The van der Waals surface area contributed by atoms with Crippen LogP contribution in [-0.4, -0.2) is 40.1 Å². The van der Waals surface area contributed by atoms with Gasteiger partial charge in [0, 0.05) is 12.3 Å². The van der Waals surface area contributed by atoms with Gasteiger partial charge < -0.3 is 15.6 Å². The predicted octanol–water partition coefficient (Wildman–Crippen LogP) is 0.929. The van der Waals surface area contributed by atoms with Crippen molar-refractivity contribution in [2.45, 2.75) is 37.8 Å². The van der Waals surface area contributed by atoms with Gasteiger partial charge in [-0.3, -0.25) is 14.8 Å². The van der Waals surface area contributed by atoms with E-state index in [1.165, 1.54) is 13.3 Å². The molecular weight excluding hydrogens is 336 g/mol. The standard InChI is InChI=1S/C18H22N4O4/c1-26-12-8-6-11(7-9-12)22-17(24)13(16(23)21-18(22)25)10-20-15-5-3-2-4-14(15)19/h6-10,14-15,24H,2-5,19H2,1H3,(H,21,23,25). The highest BCUT2D eigenvalue weighted by atomic mass is 16.5. The molecule has 0 saturated heterocycles. The molecule has 1 aromatic heterocycles. The first-order valence-electron chi connectivity index (χ1n) is 8.52. The molecular formula is C18H22N4O4. The van der Waals surface area contributed by atoms with Crippen molar-refractivity contribution in [3.8, 4) is 17.3 Å². The predicted molar refractivity (Wildman–Crippen MR) is 98.7 cm³/mol. The van der Waals surface area contributed by atoms with E-state index < -0.39 is 17.1 Å². The fourth-order valence-corrected chi connectivity index (χ4v) is 3.12. The monoisotopic (exact) mass is 358 g/mol. The lowest BCUT2D eigenvalue weighted by Gasteiger charge is -2.24. The Bertz CT molecular complexity index is 914. The van der Waals surface area contributed by atoms with E-state index in [0.717, 1.165) is 30.3 Å². The number of methoxy groups -OCH3 is 1. The number of ether oxygens (including phenoxy) is 1.